The van der Waals surface area contributed by atoms with E-state index in [0.717, 1.165) is 29.0 Å². The van der Waals surface area contributed by atoms with Crippen LogP contribution in [-0.2, 0) is 15.7 Å². The summed E-state index contributed by atoms with van der Waals surface area (Å²) < 4.78 is 52.2. The third-order valence-electron chi connectivity index (χ3n) is 6.01. The Labute approximate surface area is 218 Å². The van der Waals surface area contributed by atoms with Crippen molar-refractivity contribution in [3.8, 4) is 11.3 Å². The van der Waals surface area contributed by atoms with Crippen LogP contribution in [0.25, 0.3) is 17.4 Å². The molecule has 0 unspecified atom stereocenters. The minimum absolute atomic E-state index is 0.175. The molecule has 0 fully saturated rings. The first-order valence-electron chi connectivity index (χ1n) is 11.7. The van der Waals surface area contributed by atoms with Gasteiger partial charge in [0.15, 0.2) is 4.80 Å². The van der Waals surface area contributed by atoms with Gasteiger partial charge in [-0.2, -0.15) is 13.2 Å². The van der Waals surface area contributed by atoms with E-state index in [1.54, 1.807) is 26.0 Å². The van der Waals surface area contributed by atoms with Crippen molar-refractivity contribution in [1.82, 2.24) is 4.57 Å². The number of hydrogen-bond acceptors (Lipinski definition) is 6. The van der Waals surface area contributed by atoms with Crippen LogP contribution in [0.4, 0.5) is 13.2 Å². The minimum atomic E-state index is -4.48. The van der Waals surface area contributed by atoms with Crippen molar-refractivity contribution in [2.75, 3.05) is 6.61 Å². The Kier molecular flexibility index (Phi) is 6.66. The highest BCUT2D eigenvalue weighted by Gasteiger charge is 2.33. The summed E-state index contributed by atoms with van der Waals surface area (Å²) >= 11 is 1.13. The van der Waals surface area contributed by atoms with Crippen LogP contribution in [0.1, 0.15) is 36.8 Å². The van der Waals surface area contributed by atoms with Crippen LogP contribution in [0.2, 0.25) is 0 Å². The van der Waals surface area contributed by atoms with E-state index >= 15 is 0 Å². The standard InChI is InChI=1S/C28H21F3N2O4S/c1-3-36-26(35)23-16(2)32-27-33(24(23)17-8-5-4-6-9-17)25(34)22(38-27)15-20-12-13-21(37-20)18-10-7-11-19(14-18)28(29,30)31/h4-15,24H,3H2,1-2H3/b22-15-/t24-/m1/s1. The molecule has 194 valence electrons. The fraction of sp³-hybridized carbons (Fsp3) is 0.179. The van der Waals surface area contributed by atoms with Gasteiger partial charge in [0.1, 0.15) is 11.5 Å². The Morgan fingerprint density at radius 2 is 1.89 bits per heavy atom. The zero-order chi connectivity index (χ0) is 27.0. The third-order valence-corrected chi connectivity index (χ3v) is 6.99. The van der Waals surface area contributed by atoms with Gasteiger partial charge in [-0.1, -0.05) is 53.8 Å². The van der Waals surface area contributed by atoms with Crippen LogP contribution in [0.5, 0.6) is 0 Å². The van der Waals surface area contributed by atoms with E-state index in [9.17, 15) is 22.8 Å². The Balaban J connectivity index is 1.60. The quantitative estimate of drug-likeness (QED) is 0.333. The summed E-state index contributed by atoms with van der Waals surface area (Å²) in [7, 11) is 0. The number of alkyl halides is 3. The lowest BCUT2D eigenvalue weighted by atomic mass is 9.96. The third kappa shape index (κ3) is 4.74. The number of nitrogens with zero attached hydrogens (tertiary/aromatic N) is 2. The summed E-state index contributed by atoms with van der Waals surface area (Å²) in [6.07, 6.45) is -2.96. The van der Waals surface area contributed by atoms with Gasteiger partial charge in [0, 0.05) is 11.6 Å². The number of allylic oxidation sites excluding steroid dienone is 1. The molecule has 1 atom stereocenters. The molecular weight excluding hydrogens is 517 g/mol. The number of thiazole rings is 1. The number of ether oxygens (including phenoxy) is 1. The molecule has 5 rings (SSSR count). The molecule has 0 amide bonds. The van der Waals surface area contributed by atoms with E-state index in [1.165, 1.54) is 22.8 Å². The Bertz CT molecular complexity index is 1730. The van der Waals surface area contributed by atoms with Gasteiger partial charge >= 0.3 is 12.1 Å². The van der Waals surface area contributed by atoms with Gasteiger partial charge in [0.05, 0.1) is 34.0 Å². The van der Waals surface area contributed by atoms with Crippen molar-refractivity contribution in [3.63, 3.8) is 0 Å². The molecule has 0 spiro atoms. The van der Waals surface area contributed by atoms with Crippen molar-refractivity contribution in [2.45, 2.75) is 26.1 Å². The number of esters is 1. The predicted molar refractivity (Wildman–Crippen MR) is 136 cm³/mol. The molecule has 2 aromatic heterocycles. The second-order valence-corrected chi connectivity index (χ2v) is 9.50. The first-order valence-corrected chi connectivity index (χ1v) is 12.5. The first kappa shape index (κ1) is 25.5. The molecule has 6 nitrogen and oxygen atoms in total. The molecule has 0 aliphatic carbocycles. The molecule has 0 saturated carbocycles. The lowest BCUT2D eigenvalue weighted by Gasteiger charge is -2.24. The van der Waals surface area contributed by atoms with Gasteiger partial charge in [-0.3, -0.25) is 9.36 Å². The molecule has 0 radical (unpaired) electrons. The van der Waals surface area contributed by atoms with Gasteiger partial charge in [-0.15, -0.1) is 0 Å². The molecular formula is C28H21F3N2O4S. The fourth-order valence-corrected chi connectivity index (χ4v) is 5.33. The van der Waals surface area contributed by atoms with E-state index in [-0.39, 0.29) is 29.1 Å². The van der Waals surface area contributed by atoms with Crippen LogP contribution >= 0.6 is 11.3 Å². The first-order chi connectivity index (χ1) is 18.2. The number of carbonyl (C=O) groups excluding carboxylic acids is 1. The highest BCUT2D eigenvalue weighted by Crippen LogP contribution is 2.33. The van der Waals surface area contributed by atoms with Crippen molar-refractivity contribution in [3.05, 3.63) is 115 Å². The van der Waals surface area contributed by atoms with Gasteiger partial charge < -0.3 is 9.15 Å². The zero-order valence-corrected chi connectivity index (χ0v) is 21.1. The normalized spacial score (nSPS) is 15.8. The van der Waals surface area contributed by atoms with Crippen LogP contribution in [0.3, 0.4) is 0 Å². The summed E-state index contributed by atoms with van der Waals surface area (Å²) in [5.74, 6) is -0.0216. The number of fused-ring (bicyclic) bond motifs is 1. The zero-order valence-electron chi connectivity index (χ0n) is 20.3. The predicted octanol–water partition coefficient (Wildman–Crippen LogP) is 5.08. The lowest BCUT2D eigenvalue weighted by Crippen LogP contribution is -2.39. The van der Waals surface area contributed by atoms with Crippen molar-refractivity contribution < 1.29 is 27.1 Å². The van der Waals surface area contributed by atoms with Crippen molar-refractivity contribution >= 4 is 23.4 Å². The van der Waals surface area contributed by atoms with Gasteiger partial charge in [0.25, 0.3) is 5.56 Å². The Morgan fingerprint density at radius 1 is 1.13 bits per heavy atom. The van der Waals surface area contributed by atoms with Crippen LogP contribution in [-0.4, -0.2) is 17.1 Å². The Hall–Kier alpha value is -4.18. The molecule has 2 aromatic carbocycles. The van der Waals surface area contributed by atoms with E-state index in [1.807, 2.05) is 30.3 Å². The summed E-state index contributed by atoms with van der Waals surface area (Å²) in [5, 5.41) is 0. The van der Waals surface area contributed by atoms with Crippen LogP contribution < -0.4 is 14.9 Å². The maximum atomic E-state index is 13.6. The van der Waals surface area contributed by atoms with E-state index < -0.39 is 23.8 Å². The maximum absolute atomic E-state index is 13.6. The Morgan fingerprint density at radius 3 is 2.61 bits per heavy atom. The monoisotopic (exact) mass is 538 g/mol. The molecule has 10 heteroatoms. The summed E-state index contributed by atoms with van der Waals surface area (Å²) in [6.45, 7) is 3.58. The summed E-state index contributed by atoms with van der Waals surface area (Å²) in [6, 6.07) is 16.4. The van der Waals surface area contributed by atoms with Gasteiger partial charge in [-0.05, 0) is 43.7 Å². The molecule has 0 bridgehead atoms. The minimum Gasteiger partial charge on any atom is -0.463 e. The van der Waals surface area contributed by atoms with Gasteiger partial charge in [-0.25, -0.2) is 9.79 Å². The number of rotatable bonds is 5. The molecule has 4 aromatic rings. The second kappa shape index (κ2) is 9.94. The largest absolute Gasteiger partial charge is 0.463 e. The number of halogens is 3. The number of benzene rings is 2. The maximum Gasteiger partial charge on any atom is 0.416 e. The SMILES string of the molecule is CCOC(=O)C1=C(C)N=c2s/c(=C\c3ccc(-c4cccc(C(F)(F)F)c4)o3)c(=O)n2[C@@H]1c1ccccc1. The van der Waals surface area contributed by atoms with Crippen molar-refractivity contribution in [1.29, 1.82) is 0 Å². The number of furan rings is 1. The van der Waals surface area contributed by atoms with Crippen LogP contribution in [0.15, 0.2) is 92.2 Å². The van der Waals surface area contributed by atoms with Gasteiger partial charge in [0.2, 0.25) is 0 Å². The second-order valence-electron chi connectivity index (χ2n) is 8.49. The van der Waals surface area contributed by atoms with E-state index in [4.69, 9.17) is 9.15 Å². The molecule has 1 aliphatic heterocycles. The van der Waals surface area contributed by atoms with Crippen molar-refractivity contribution in [2.24, 2.45) is 4.99 Å². The number of carbonyl (C=O) groups is 1. The number of aromatic nitrogens is 1. The molecule has 3 heterocycles. The lowest BCUT2D eigenvalue weighted by molar-refractivity contribution is -0.139. The topological polar surface area (TPSA) is 73.8 Å². The summed E-state index contributed by atoms with van der Waals surface area (Å²) in [4.78, 5) is 31.4. The van der Waals surface area contributed by atoms with Crippen LogP contribution in [0, 0.1) is 0 Å². The molecule has 1 aliphatic rings. The smallest absolute Gasteiger partial charge is 0.416 e. The molecule has 38 heavy (non-hydrogen) atoms. The average molecular weight is 539 g/mol. The highest BCUT2D eigenvalue weighted by atomic mass is 32.1. The average Bonchev–Trinajstić information content (AvgIpc) is 3.48. The highest BCUT2D eigenvalue weighted by molar-refractivity contribution is 7.07. The molecule has 0 N–H and O–H groups in total. The number of hydrogen-bond donors (Lipinski definition) is 0. The molecule has 0 saturated heterocycles. The van der Waals surface area contributed by atoms with E-state index in [0.29, 0.717) is 20.8 Å². The fourth-order valence-electron chi connectivity index (χ4n) is 4.31. The summed E-state index contributed by atoms with van der Waals surface area (Å²) in [5.41, 5.74) is 0.558. The van der Waals surface area contributed by atoms with E-state index in [2.05, 4.69) is 4.99 Å².